The van der Waals surface area contributed by atoms with E-state index in [0.717, 1.165) is 25.7 Å². The Morgan fingerprint density at radius 2 is 1.59 bits per heavy atom. The Hall–Kier alpha value is -0.840. The highest BCUT2D eigenvalue weighted by Crippen LogP contribution is 2.36. The van der Waals surface area contributed by atoms with Crippen LogP contribution in [0.3, 0.4) is 0 Å². The van der Waals surface area contributed by atoms with Gasteiger partial charge in [0.1, 0.15) is 6.33 Å². The fourth-order valence-electron chi connectivity index (χ4n) is 2.37. The highest BCUT2D eigenvalue weighted by atomic mass is 79.9. The van der Waals surface area contributed by atoms with Crippen molar-refractivity contribution in [3.05, 3.63) is 57.2 Å². The van der Waals surface area contributed by atoms with E-state index in [9.17, 15) is 0 Å². The molecule has 0 fully saturated rings. The fourth-order valence-corrected chi connectivity index (χ4v) is 3.93. The molecule has 0 unspecified atom stereocenters. The minimum absolute atomic E-state index is 0. The summed E-state index contributed by atoms with van der Waals surface area (Å²) in [6.07, 6.45) is 1.87. The molecule has 0 aliphatic carbocycles. The number of aromatic nitrogens is 2. The molecule has 5 heteroatoms. The average Bonchev–Trinajstić information content (AvgIpc) is 2.81. The molecule has 0 saturated carbocycles. The first-order chi connectivity index (χ1) is 9.88. The smallest absolute Gasteiger partial charge is 0.100 e. The Balaban J connectivity index is 0.00000176. The van der Waals surface area contributed by atoms with Crippen LogP contribution in [0, 0.1) is 0 Å². The lowest BCUT2D eigenvalue weighted by atomic mass is 9.87. The number of nitrogens with zero attached hydrogens (tertiary/aromatic N) is 2. The Kier molecular flexibility index (Phi) is 5.05. The van der Waals surface area contributed by atoms with Crippen molar-refractivity contribution in [3.8, 4) is 5.69 Å². The van der Waals surface area contributed by atoms with Gasteiger partial charge in [-0.3, -0.25) is 4.57 Å². The van der Waals surface area contributed by atoms with Crippen LogP contribution in [-0.2, 0) is 5.41 Å². The number of imidazole rings is 1. The minimum atomic E-state index is 0. The van der Waals surface area contributed by atoms with Crippen molar-refractivity contribution in [2.45, 2.75) is 26.2 Å². The SMILES string of the molecule is CC(C)(C)c1cc(Br)c(-n2cnc3ccccc32)c(Br)c1.Cl. The largest absolute Gasteiger partial charge is 0.297 e. The van der Waals surface area contributed by atoms with E-state index in [1.807, 2.05) is 24.5 Å². The predicted octanol–water partition coefficient (Wildman–Crippen LogP) is 6.27. The summed E-state index contributed by atoms with van der Waals surface area (Å²) in [4.78, 5) is 4.47. The molecular weight excluding hydrogens is 427 g/mol. The van der Waals surface area contributed by atoms with Gasteiger partial charge in [0.05, 0.1) is 16.7 Å². The molecule has 22 heavy (non-hydrogen) atoms. The van der Waals surface area contributed by atoms with Crippen LogP contribution in [0.15, 0.2) is 51.7 Å². The van der Waals surface area contributed by atoms with Gasteiger partial charge in [0.15, 0.2) is 0 Å². The van der Waals surface area contributed by atoms with Crippen molar-refractivity contribution in [3.63, 3.8) is 0 Å². The summed E-state index contributed by atoms with van der Waals surface area (Å²) in [5.74, 6) is 0. The zero-order valence-electron chi connectivity index (χ0n) is 12.6. The molecule has 0 aliphatic heterocycles. The summed E-state index contributed by atoms with van der Waals surface area (Å²) >= 11 is 7.44. The molecule has 0 saturated heterocycles. The summed E-state index contributed by atoms with van der Waals surface area (Å²) in [7, 11) is 0. The fraction of sp³-hybridized carbons (Fsp3) is 0.235. The minimum Gasteiger partial charge on any atom is -0.297 e. The average molecular weight is 445 g/mol. The molecule has 0 amide bonds. The van der Waals surface area contributed by atoms with E-state index in [4.69, 9.17) is 0 Å². The number of hydrogen-bond acceptors (Lipinski definition) is 1. The van der Waals surface area contributed by atoms with Crippen molar-refractivity contribution >= 4 is 55.3 Å². The first-order valence-electron chi connectivity index (χ1n) is 6.80. The van der Waals surface area contributed by atoms with Crippen LogP contribution in [-0.4, -0.2) is 9.55 Å². The summed E-state index contributed by atoms with van der Waals surface area (Å²) in [5, 5.41) is 0. The van der Waals surface area contributed by atoms with Crippen molar-refractivity contribution in [1.82, 2.24) is 9.55 Å². The van der Waals surface area contributed by atoms with Crippen molar-refractivity contribution in [2.24, 2.45) is 0 Å². The van der Waals surface area contributed by atoms with Gasteiger partial charge in [0.2, 0.25) is 0 Å². The van der Waals surface area contributed by atoms with Crippen LogP contribution in [0.5, 0.6) is 0 Å². The maximum atomic E-state index is 4.47. The van der Waals surface area contributed by atoms with Gasteiger partial charge in [0.25, 0.3) is 0 Å². The first-order valence-corrected chi connectivity index (χ1v) is 8.38. The number of fused-ring (bicyclic) bond motifs is 1. The monoisotopic (exact) mass is 442 g/mol. The van der Waals surface area contributed by atoms with Gasteiger partial charge in [-0.2, -0.15) is 0 Å². The normalized spacial score (nSPS) is 11.5. The number of rotatable bonds is 1. The van der Waals surface area contributed by atoms with Gasteiger partial charge >= 0.3 is 0 Å². The molecule has 0 bridgehead atoms. The molecule has 2 nitrogen and oxygen atoms in total. The van der Waals surface area contributed by atoms with Crippen molar-refractivity contribution < 1.29 is 0 Å². The molecule has 0 N–H and O–H groups in total. The highest BCUT2D eigenvalue weighted by molar-refractivity contribution is 9.11. The van der Waals surface area contributed by atoms with Gasteiger partial charge in [-0.15, -0.1) is 12.4 Å². The van der Waals surface area contributed by atoms with E-state index in [-0.39, 0.29) is 17.8 Å². The number of halogens is 3. The van der Waals surface area contributed by atoms with E-state index in [2.05, 4.69) is 80.4 Å². The number of para-hydroxylation sites is 2. The first kappa shape index (κ1) is 17.5. The number of benzene rings is 2. The topological polar surface area (TPSA) is 17.8 Å². The Bertz CT molecular complexity index is 796. The lowest BCUT2D eigenvalue weighted by molar-refractivity contribution is 0.589. The Morgan fingerprint density at radius 1 is 1.00 bits per heavy atom. The molecule has 3 rings (SSSR count). The quantitative estimate of drug-likeness (QED) is 0.433. The third-order valence-corrected chi connectivity index (χ3v) is 4.79. The second-order valence-electron chi connectivity index (χ2n) is 6.14. The molecule has 2 aromatic carbocycles. The van der Waals surface area contributed by atoms with Gasteiger partial charge in [-0.05, 0) is 67.1 Å². The lowest BCUT2D eigenvalue weighted by Crippen LogP contribution is -2.11. The van der Waals surface area contributed by atoms with Crippen LogP contribution >= 0.6 is 44.3 Å². The molecule has 0 radical (unpaired) electrons. The third-order valence-electron chi connectivity index (χ3n) is 3.58. The molecule has 0 spiro atoms. The third kappa shape index (κ3) is 3.10. The van der Waals surface area contributed by atoms with Crippen molar-refractivity contribution in [1.29, 1.82) is 0 Å². The Labute approximate surface area is 153 Å². The van der Waals surface area contributed by atoms with Gasteiger partial charge in [-0.1, -0.05) is 32.9 Å². The van der Waals surface area contributed by atoms with Gasteiger partial charge in [0, 0.05) is 8.95 Å². The summed E-state index contributed by atoms with van der Waals surface area (Å²) in [5.41, 5.74) is 4.57. The predicted molar refractivity (Wildman–Crippen MR) is 102 cm³/mol. The maximum absolute atomic E-state index is 4.47. The van der Waals surface area contributed by atoms with Crippen LogP contribution in [0.1, 0.15) is 26.3 Å². The van der Waals surface area contributed by atoms with Crippen molar-refractivity contribution in [2.75, 3.05) is 0 Å². The van der Waals surface area contributed by atoms with E-state index in [1.54, 1.807) is 0 Å². The molecule has 3 aromatic rings. The zero-order valence-corrected chi connectivity index (χ0v) is 16.6. The molecular formula is C17H17Br2ClN2. The van der Waals surface area contributed by atoms with Crippen LogP contribution < -0.4 is 0 Å². The molecule has 1 heterocycles. The van der Waals surface area contributed by atoms with E-state index in [0.29, 0.717) is 0 Å². The molecule has 0 atom stereocenters. The van der Waals surface area contributed by atoms with E-state index >= 15 is 0 Å². The summed E-state index contributed by atoms with van der Waals surface area (Å²) in [6.45, 7) is 6.65. The summed E-state index contributed by atoms with van der Waals surface area (Å²) < 4.78 is 4.23. The zero-order chi connectivity index (χ0) is 15.2. The van der Waals surface area contributed by atoms with E-state index in [1.165, 1.54) is 5.56 Å². The van der Waals surface area contributed by atoms with Crippen LogP contribution in [0.25, 0.3) is 16.7 Å². The molecule has 116 valence electrons. The van der Waals surface area contributed by atoms with Crippen LogP contribution in [0.4, 0.5) is 0 Å². The van der Waals surface area contributed by atoms with Gasteiger partial charge in [-0.25, -0.2) is 4.98 Å². The number of hydrogen-bond donors (Lipinski definition) is 0. The van der Waals surface area contributed by atoms with E-state index < -0.39 is 0 Å². The lowest BCUT2D eigenvalue weighted by Gasteiger charge is -2.21. The van der Waals surface area contributed by atoms with Gasteiger partial charge < -0.3 is 0 Å². The highest BCUT2D eigenvalue weighted by Gasteiger charge is 2.19. The summed E-state index contributed by atoms with van der Waals surface area (Å²) in [6, 6.07) is 12.5. The standard InChI is InChI=1S/C17H16Br2N2.ClH/c1-17(2,3)11-8-12(18)16(13(19)9-11)21-10-20-14-6-4-5-7-15(14)21;/h4-10H,1-3H3;1H. The van der Waals surface area contributed by atoms with Crippen LogP contribution in [0.2, 0.25) is 0 Å². The second-order valence-corrected chi connectivity index (χ2v) is 7.85. The maximum Gasteiger partial charge on any atom is 0.100 e. The second kappa shape index (κ2) is 6.34. The Morgan fingerprint density at radius 3 is 2.18 bits per heavy atom. The molecule has 1 aromatic heterocycles. The molecule has 0 aliphatic rings.